The topological polar surface area (TPSA) is 63.6 Å². The van der Waals surface area contributed by atoms with Crippen molar-refractivity contribution < 1.29 is 0 Å². The fourth-order valence-corrected chi connectivity index (χ4v) is 2.77. The van der Waals surface area contributed by atoms with Gasteiger partial charge in [0.15, 0.2) is 0 Å². The molecule has 0 spiro atoms. The first kappa shape index (κ1) is 14.4. The quantitative estimate of drug-likeness (QED) is 0.617. The molecule has 24 heavy (non-hydrogen) atoms. The first-order valence-electron chi connectivity index (χ1n) is 7.72. The van der Waals surface area contributed by atoms with Gasteiger partial charge in [-0.15, -0.1) is 0 Å². The molecular weight excluding hydrogens is 300 g/mol. The number of nitrogens with one attached hydrogen (secondary N) is 1. The summed E-state index contributed by atoms with van der Waals surface area (Å²) >= 11 is 0. The van der Waals surface area contributed by atoms with Gasteiger partial charge in [-0.05, 0) is 30.7 Å². The number of aromatic amines is 1. The van der Waals surface area contributed by atoms with Crippen LogP contribution >= 0.6 is 0 Å². The van der Waals surface area contributed by atoms with Crippen molar-refractivity contribution in [1.29, 1.82) is 0 Å². The third-order valence-corrected chi connectivity index (χ3v) is 4.12. The number of imidazole rings is 1. The molecule has 5 nitrogen and oxygen atoms in total. The van der Waals surface area contributed by atoms with E-state index in [1.807, 2.05) is 66.2 Å². The van der Waals surface area contributed by atoms with Gasteiger partial charge >= 0.3 is 0 Å². The smallest absolute Gasteiger partial charge is 0.269 e. The van der Waals surface area contributed by atoms with Gasteiger partial charge in [0.1, 0.15) is 11.5 Å². The molecule has 0 radical (unpaired) electrons. The Hall–Kier alpha value is -3.21. The SMILES string of the molecule is Cc1nc2cc3c(cc2[nH]c1=O)nc(/C=C/c1ccccc1)n3C. The summed E-state index contributed by atoms with van der Waals surface area (Å²) in [5.41, 5.74) is 4.70. The number of fused-ring (bicyclic) bond motifs is 2. The second-order valence-electron chi connectivity index (χ2n) is 5.78. The number of benzene rings is 2. The average Bonchev–Trinajstić information content (AvgIpc) is 2.89. The van der Waals surface area contributed by atoms with Crippen molar-refractivity contribution in [3.63, 3.8) is 0 Å². The summed E-state index contributed by atoms with van der Waals surface area (Å²) in [6, 6.07) is 13.9. The van der Waals surface area contributed by atoms with Gasteiger partial charge < -0.3 is 9.55 Å². The fraction of sp³-hybridized carbons (Fsp3) is 0.105. The van der Waals surface area contributed by atoms with Crippen LogP contribution in [0, 0.1) is 6.92 Å². The molecule has 0 amide bonds. The number of aryl methyl sites for hydroxylation is 2. The van der Waals surface area contributed by atoms with Crippen molar-refractivity contribution in [1.82, 2.24) is 19.5 Å². The average molecular weight is 316 g/mol. The van der Waals surface area contributed by atoms with E-state index in [-0.39, 0.29) is 5.56 Å². The largest absolute Gasteiger partial charge is 0.328 e. The van der Waals surface area contributed by atoms with Gasteiger partial charge in [-0.1, -0.05) is 36.4 Å². The Morgan fingerprint density at radius 1 is 1.04 bits per heavy atom. The lowest BCUT2D eigenvalue weighted by atomic mass is 10.2. The number of hydrogen-bond donors (Lipinski definition) is 1. The molecule has 4 aromatic rings. The van der Waals surface area contributed by atoms with Crippen molar-refractivity contribution in [2.24, 2.45) is 7.05 Å². The minimum atomic E-state index is -0.165. The molecule has 2 aromatic carbocycles. The van der Waals surface area contributed by atoms with E-state index in [1.54, 1.807) is 6.92 Å². The second kappa shape index (κ2) is 5.45. The summed E-state index contributed by atoms with van der Waals surface area (Å²) in [5, 5.41) is 0. The molecule has 0 fully saturated rings. The van der Waals surface area contributed by atoms with Crippen molar-refractivity contribution in [2.45, 2.75) is 6.92 Å². The van der Waals surface area contributed by atoms with Crippen LogP contribution < -0.4 is 5.56 Å². The molecule has 1 N–H and O–H groups in total. The molecule has 0 bridgehead atoms. The van der Waals surface area contributed by atoms with Gasteiger partial charge in [-0.3, -0.25) is 4.79 Å². The van der Waals surface area contributed by atoms with E-state index in [0.29, 0.717) is 11.2 Å². The molecule has 0 aliphatic heterocycles. The van der Waals surface area contributed by atoms with E-state index >= 15 is 0 Å². The van der Waals surface area contributed by atoms with Crippen LogP contribution in [-0.4, -0.2) is 19.5 Å². The summed E-state index contributed by atoms with van der Waals surface area (Å²) < 4.78 is 2.02. The van der Waals surface area contributed by atoms with Crippen molar-refractivity contribution in [2.75, 3.05) is 0 Å². The van der Waals surface area contributed by atoms with Gasteiger partial charge in [0.2, 0.25) is 0 Å². The Labute approximate surface area is 138 Å². The Morgan fingerprint density at radius 2 is 1.83 bits per heavy atom. The maximum Gasteiger partial charge on any atom is 0.269 e. The molecule has 0 atom stereocenters. The molecular formula is C19H16N4O. The zero-order valence-electron chi connectivity index (χ0n) is 13.4. The van der Waals surface area contributed by atoms with Crippen LogP contribution in [0.25, 0.3) is 34.2 Å². The Morgan fingerprint density at radius 3 is 2.62 bits per heavy atom. The predicted octanol–water partition coefficient (Wildman–Crippen LogP) is 3.29. The van der Waals surface area contributed by atoms with Crippen LogP contribution in [0.5, 0.6) is 0 Å². The predicted molar refractivity (Wildman–Crippen MR) is 96.7 cm³/mol. The third kappa shape index (κ3) is 2.40. The van der Waals surface area contributed by atoms with Crippen molar-refractivity contribution in [3.8, 4) is 0 Å². The van der Waals surface area contributed by atoms with Gasteiger partial charge in [0, 0.05) is 7.05 Å². The van der Waals surface area contributed by atoms with Gasteiger partial charge in [0.25, 0.3) is 5.56 Å². The molecule has 0 saturated carbocycles. The molecule has 5 heteroatoms. The summed E-state index contributed by atoms with van der Waals surface area (Å²) in [6.45, 7) is 1.71. The lowest BCUT2D eigenvalue weighted by molar-refractivity contribution is 0.930. The second-order valence-corrected chi connectivity index (χ2v) is 5.78. The van der Waals surface area contributed by atoms with E-state index in [0.717, 1.165) is 27.9 Å². The molecule has 118 valence electrons. The maximum absolute atomic E-state index is 11.7. The monoisotopic (exact) mass is 316 g/mol. The number of hydrogen-bond acceptors (Lipinski definition) is 3. The number of H-pyrrole nitrogens is 1. The van der Waals surface area contributed by atoms with Gasteiger partial charge in [-0.2, -0.15) is 0 Å². The number of rotatable bonds is 2. The summed E-state index contributed by atoms with van der Waals surface area (Å²) in [7, 11) is 1.98. The highest BCUT2D eigenvalue weighted by Crippen LogP contribution is 2.21. The Kier molecular flexibility index (Phi) is 3.27. The summed E-state index contributed by atoms with van der Waals surface area (Å²) in [6.07, 6.45) is 4.02. The summed E-state index contributed by atoms with van der Waals surface area (Å²) in [4.78, 5) is 23.6. The highest BCUT2D eigenvalue weighted by atomic mass is 16.1. The van der Waals surface area contributed by atoms with Crippen LogP contribution in [0.2, 0.25) is 0 Å². The van der Waals surface area contributed by atoms with E-state index in [1.165, 1.54) is 0 Å². The normalized spacial score (nSPS) is 11.8. The van der Waals surface area contributed by atoms with Crippen LogP contribution in [-0.2, 0) is 7.05 Å². The zero-order valence-corrected chi connectivity index (χ0v) is 13.4. The van der Waals surface area contributed by atoms with Crippen LogP contribution in [0.4, 0.5) is 0 Å². The Balaban J connectivity index is 1.86. The molecule has 0 unspecified atom stereocenters. The first-order chi connectivity index (χ1) is 11.6. The molecule has 0 aliphatic carbocycles. The van der Waals surface area contributed by atoms with E-state index in [4.69, 9.17) is 0 Å². The molecule has 4 rings (SSSR count). The van der Waals surface area contributed by atoms with Crippen LogP contribution in [0.1, 0.15) is 17.1 Å². The fourth-order valence-electron chi connectivity index (χ4n) is 2.77. The van der Waals surface area contributed by atoms with Crippen molar-refractivity contribution in [3.05, 3.63) is 69.9 Å². The summed E-state index contributed by atoms with van der Waals surface area (Å²) in [5.74, 6) is 0.850. The van der Waals surface area contributed by atoms with Crippen molar-refractivity contribution >= 4 is 34.2 Å². The maximum atomic E-state index is 11.7. The molecule has 2 heterocycles. The minimum Gasteiger partial charge on any atom is -0.328 e. The molecule has 0 aliphatic rings. The van der Waals surface area contributed by atoms with Crippen LogP contribution in [0.3, 0.4) is 0 Å². The molecule has 2 aromatic heterocycles. The third-order valence-electron chi connectivity index (χ3n) is 4.12. The van der Waals surface area contributed by atoms with Gasteiger partial charge in [-0.25, -0.2) is 9.97 Å². The number of aromatic nitrogens is 4. The lowest BCUT2D eigenvalue weighted by Gasteiger charge is -2.01. The van der Waals surface area contributed by atoms with Crippen LogP contribution in [0.15, 0.2) is 47.3 Å². The lowest BCUT2D eigenvalue weighted by Crippen LogP contribution is -2.11. The Bertz CT molecular complexity index is 1140. The zero-order chi connectivity index (χ0) is 16.7. The molecule has 0 saturated heterocycles. The first-order valence-corrected chi connectivity index (χ1v) is 7.72. The number of nitrogens with zero attached hydrogens (tertiary/aromatic N) is 3. The standard InChI is InChI=1S/C19H16N4O/c1-12-19(24)22-14-10-16-17(11-15(14)20-12)23(2)18(21-16)9-8-13-6-4-3-5-7-13/h3-11H,1-2H3,(H,22,24)/b9-8+. The van der Waals surface area contributed by atoms with E-state index in [9.17, 15) is 4.79 Å². The highest BCUT2D eigenvalue weighted by Gasteiger charge is 2.09. The van der Waals surface area contributed by atoms with E-state index in [2.05, 4.69) is 15.0 Å². The highest BCUT2D eigenvalue weighted by molar-refractivity contribution is 5.92. The van der Waals surface area contributed by atoms with E-state index < -0.39 is 0 Å². The van der Waals surface area contributed by atoms with Gasteiger partial charge in [0.05, 0.1) is 22.1 Å². The minimum absolute atomic E-state index is 0.165.